The summed E-state index contributed by atoms with van der Waals surface area (Å²) in [6.45, 7) is 3.29. The maximum Gasteiger partial charge on any atom is 0.316 e. The van der Waals surface area contributed by atoms with E-state index in [1.165, 1.54) is 21.1 Å². The summed E-state index contributed by atoms with van der Waals surface area (Å²) in [5.74, 6) is -0.313. The van der Waals surface area contributed by atoms with Crippen LogP contribution in [0.15, 0.2) is 53.5 Å². The first-order chi connectivity index (χ1) is 19.5. The third-order valence-electron chi connectivity index (χ3n) is 7.37. The van der Waals surface area contributed by atoms with E-state index in [1.807, 2.05) is 11.0 Å². The molecule has 2 aliphatic rings. The van der Waals surface area contributed by atoms with Gasteiger partial charge in [0.2, 0.25) is 15.8 Å². The molecule has 41 heavy (non-hydrogen) atoms. The van der Waals surface area contributed by atoms with Crippen LogP contribution in [0.5, 0.6) is 5.75 Å². The molecule has 1 aliphatic heterocycles. The number of aromatic nitrogens is 2. The van der Waals surface area contributed by atoms with Gasteiger partial charge in [0.15, 0.2) is 0 Å². The molecule has 214 valence electrons. The van der Waals surface area contributed by atoms with Crippen LogP contribution in [0, 0.1) is 26.9 Å². The summed E-state index contributed by atoms with van der Waals surface area (Å²) in [4.78, 5) is 25.8. The Bertz CT molecular complexity index is 1710. The summed E-state index contributed by atoms with van der Waals surface area (Å²) in [5.41, 5.74) is 0.410. The zero-order valence-electron chi connectivity index (χ0n) is 22.2. The SMILES string of the molecule is CC1(COc2c(N3CCN(S(=O)(=O)Cc4ccc([N+](=O)[O-])cc4C#N)CC3)cnn(-c3cccc(Cl)c3)c2=O)CC1. The van der Waals surface area contributed by atoms with Gasteiger partial charge < -0.3 is 9.64 Å². The normalized spacial score (nSPS) is 16.7. The predicted molar refractivity (Wildman–Crippen MR) is 152 cm³/mol. The van der Waals surface area contributed by atoms with Gasteiger partial charge >= 0.3 is 5.56 Å². The number of benzene rings is 2. The van der Waals surface area contributed by atoms with Crippen LogP contribution in [0.3, 0.4) is 0 Å². The largest absolute Gasteiger partial charge is 0.486 e. The molecular formula is C27H27ClN6O6S. The number of non-ortho nitro benzene ring substituents is 1. The number of sulfonamides is 1. The Morgan fingerprint density at radius 1 is 1.17 bits per heavy atom. The third-order valence-corrected chi connectivity index (χ3v) is 9.43. The molecule has 0 amide bonds. The molecule has 2 aromatic carbocycles. The lowest BCUT2D eigenvalue weighted by Gasteiger charge is -2.35. The van der Waals surface area contributed by atoms with E-state index in [0.717, 1.165) is 18.9 Å². The first kappa shape index (κ1) is 28.5. The molecule has 1 saturated carbocycles. The molecule has 14 heteroatoms. The maximum absolute atomic E-state index is 13.6. The highest BCUT2D eigenvalue weighted by Crippen LogP contribution is 2.45. The van der Waals surface area contributed by atoms with Gasteiger partial charge in [-0.2, -0.15) is 19.3 Å². The molecule has 1 saturated heterocycles. The molecule has 0 N–H and O–H groups in total. The third kappa shape index (κ3) is 6.19. The fourth-order valence-corrected chi connectivity index (χ4v) is 6.32. The lowest BCUT2D eigenvalue weighted by molar-refractivity contribution is -0.384. The number of hydrogen-bond acceptors (Lipinski definition) is 9. The highest BCUT2D eigenvalue weighted by atomic mass is 35.5. The van der Waals surface area contributed by atoms with Crippen molar-refractivity contribution in [3.8, 4) is 17.5 Å². The molecule has 0 unspecified atom stereocenters. The summed E-state index contributed by atoms with van der Waals surface area (Å²) in [7, 11) is -3.83. The average Bonchev–Trinajstić information content (AvgIpc) is 3.69. The fraction of sp³-hybridized carbons (Fsp3) is 0.370. The quantitative estimate of drug-likeness (QED) is 0.266. The lowest BCUT2D eigenvalue weighted by atomic mass is 10.1. The van der Waals surface area contributed by atoms with Gasteiger partial charge in [-0.15, -0.1) is 0 Å². The summed E-state index contributed by atoms with van der Waals surface area (Å²) < 4.78 is 35.1. The van der Waals surface area contributed by atoms with Crippen LogP contribution >= 0.6 is 11.6 Å². The van der Waals surface area contributed by atoms with Crippen molar-refractivity contribution in [3.05, 3.63) is 85.3 Å². The van der Waals surface area contributed by atoms with Crippen LogP contribution < -0.4 is 15.2 Å². The molecule has 3 aromatic rings. The number of rotatable bonds is 9. The number of halogens is 1. The fourth-order valence-electron chi connectivity index (χ4n) is 4.59. The van der Waals surface area contributed by atoms with Crippen LogP contribution in [-0.4, -0.2) is 60.2 Å². The zero-order chi connectivity index (χ0) is 29.4. The molecular weight excluding hydrogens is 572 g/mol. The van der Waals surface area contributed by atoms with Crippen LogP contribution in [0.25, 0.3) is 5.69 Å². The number of nitro benzene ring substituents is 1. The number of piperazine rings is 1. The number of nitriles is 1. The van der Waals surface area contributed by atoms with Crippen molar-refractivity contribution in [1.82, 2.24) is 14.1 Å². The van der Waals surface area contributed by atoms with Gasteiger partial charge in [-0.05, 0) is 42.7 Å². The molecule has 12 nitrogen and oxygen atoms in total. The first-order valence-electron chi connectivity index (χ1n) is 12.9. The lowest BCUT2D eigenvalue weighted by Crippen LogP contribution is -2.49. The van der Waals surface area contributed by atoms with Crippen molar-refractivity contribution in [3.63, 3.8) is 0 Å². The minimum atomic E-state index is -3.83. The van der Waals surface area contributed by atoms with Crippen molar-refractivity contribution >= 4 is 33.0 Å². The topological polar surface area (TPSA) is 152 Å². The Labute approximate surface area is 241 Å². The minimum absolute atomic E-state index is 0.0147. The van der Waals surface area contributed by atoms with Gasteiger partial charge in [-0.25, -0.2) is 8.42 Å². The van der Waals surface area contributed by atoms with Crippen LogP contribution in [0.2, 0.25) is 5.02 Å². The van der Waals surface area contributed by atoms with E-state index in [9.17, 15) is 28.6 Å². The van der Waals surface area contributed by atoms with Crippen LogP contribution in [-0.2, 0) is 15.8 Å². The van der Waals surface area contributed by atoms with Crippen molar-refractivity contribution in [2.24, 2.45) is 5.41 Å². The Hall–Kier alpha value is -3.99. The van der Waals surface area contributed by atoms with E-state index in [0.29, 0.717) is 23.0 Å². The van der Waals surface area contributed by atoms with Crippen LogP contribution in [0.1, 0.15) is 30.9 Å². The van der Waals surface area contributed by atoms with Gasteiger partial charge in [0.1, 0.15) is 5.69 Å². The molecule has 2 fully saturated rings. The Morgan fingerprint density at radius 3 is 2.54 bits per heavy atom. The molecule has 1 aliphatic carbocycles. The number of anilines is 1. The Kier molecular flexibility index (Phi) is 7.74. The van der Waals surface area contributed by atoms with Gasteiger partial charge in [0.05, 0.1) is 40.8 Å². The predicted octanol–water partition coefficient (Wildman–Crippen LogP) is 3.50. The first-order valence-corrected chi connectivity index (χ1v) is 14.9. The van der Waals surface area contributed by atoms with E-state index in [4.69, 9.17) is 16.3 Å². The molecule has 0 spiro atoms. The molecule has 0 radical (unpaired) electrons. The number of nitro groups is 1. The van der Waals surface area contributed by atoms with E-state index in [1.54, 1.807) is 30.5 Å². The summed E-state index contributed by atoms with van der Waals surface area (Å²) in [6, 6.07) is 12.2. The van der Waals surface area contributed by atoms with Gasteiger partial charge in [0, 0.05) is 48.7 Å². The van der Waals surface area contributed by atoms with Crippen LogP contribution in [0.4, 0.5) is 11.4 Å². The molecule has 0 atom stereocenters. The number of ether oxygens (including phenoxy) is 1. The standard InChI is InChI=1S/C27H27ClN6O6S/c1-27(7-8-27)18-40-25-24(16-30-33(26(25)35)22-4-2-3-21(28)14-22)31-9-11-32(12-10-31)41(38,39)17-19-5-6-23(34(36)37)13-20(19)15-29/h2-6,13-14,16H,7-12,17-18H2,1H3. The van der Waals surface area contributed by atoms with Crippen molar-refractivity contribution < 1.29 is 18.1 Å². The molecule has 1 aromatic heterocycles. The number of hydrogen-bond donors (Lipinski definition) is 0. The van der Waals surface area contributed by atoms with E-state index in [2.05, 4.69) is 12.0 Å². The second-order valence-electron chi connectivity index (χ2n) is 10.5. The second-order valence-corrected chi connectivity index (χ2v) is 12.9. The summed E-state index contributed by atoms with van der Waals surface area (Å²) >= 11 is 6.13. The summed E-state index contributed by atoms with van der Waals surface area (Å²) in [5, 5.41) is 25.3. The van der Waals surface area contributed by atoms with Crippen molar-refractivity contribution in [1.29, 1.82) is 5.26 Å². The monoisotopic (exact) mass is 598 g/mol. The second kappa shape index (κ2) is 11.1. The van der Waals surface area contributed by atoms with E-state index in [-0.39, 0.29) is 54.2 Å². The van der Waals surface area contributed by atoms with Gasteiger partial charge in [-0.3, -0.25) is 14.9 Å². The Balaban J connectivity index is 1.36. The van der Waals surface area contributed by atoms with Crippen molar-refractivity contribution in [2.45, 2.75) is 25.5 Å². The highest BCUT2D eigenvalue weighted by molar-refractivity contribution is 7.88. The molecule has 0 bridgehead atoms. The van der Waals surface area contributed by atoms with E-state index >= 15 is 0 Å². The van der Waals surface area contributed by atoms with Gasteiger partial charge in [-0.1, -0.05) is 24.6 Å². The average molecular weight is 599 g/mol. The highest BCUT2D eigenvalue weighted by Gasteiger charge is 2.39. The summed E-state index contributed by atoms with van der Waals surface area (Å²) in [6.07, 6.45) is 3.57. The maximum atomic E-state index is 13.6. The minimum Gasteiger partial charge on any atom is -0.486 e. The molecule has 2 heterocycles. The number of nitrogens with zero attached hydrogens (tertiary/aromatic N) is 6. The van der Waals surface area contributed by atoms with Crippen molar-refractivity contribution in [2.75, 3.05) is 37.7 Å². The Morgan fingerprint density at radius 2 is 1.90 bits per heavy atom. The molecule has 5 rings (SSSR count). The van der Waals surface area contributed by atoms with E-state index < -0.39 is 26.3 Å². The van der Waals surface area contributed by atoms with Gasteiger partial charge in [0.25, 0.3) is 5.69 Å². The smallest absolute Gasteiger partial charge is 0.316 e. The zero-order valence-corrected chi connectivity index (χ0v) is 23.8.